The van der Waals surface area contributed by atoms with Gasteiger partial charge in [0.05, 0.1) is 0 Å². The van der Waals surface area contributed by atoms with Gasteiger partial charge in [-0.1, -0.05) is 0 Å². The second-order valence-electron chi connectivity index (χ2n) is 10.8. The topological polar surface area (TPSA) is 0 Å². The molecule has 0 saturated carbocycles. The van der Waals surface area contributed by atoms with E-state index in [0.717, 1.165) is 0 Å². The minimum Gasteiger partial charge on any atom is -0.147 e. The van der Waals surface area contributed by atoms with Crippen LogP contribution >= 0.6 is 24.8 Å². The van der Waals surface area contributed by atoms with Crippen LogP contribution < -0.4 is 0 Å². The van der Waals surface area contributed by atoms with E-state index in [9.17, 15) is 0 Å². The zero-order chi connectivity index (χ0) is 25.2. The van der Waals surface area contributed by atoms with Crippen LogP contribution in [0.1, 0.15) is 67.2 Å². The summed E-state index contributed by atoms with van der Waals surface area (Å²) in [7, 11) is 0. The fourth-order valence-electron chi connectivity index (χ4n) is 5.60. The third kappa shape index (κ3) is 7.87. The van der Waals surface area contributed by atoms with Gasteiger partial charge in [0, 0.05) is 0 Å². The largest absolute Gasteiger partial charge is 0.147 e. The average Bonchev–Trinajstić information content (AvgIpc) is 3.57. The van der Waals surface area contributed by atoms with Crippen molar-refractivity contribution in [1.29, 1.82) is 0 Å². The Balaban J connectivity index is 0.000000341. The summed E-state index contributed by atoms with van der Waals surface area (Å²) in [6, 6.07) is 0. The van der Waals surface area contributed by atoms with Crippen LogP contribution in [0.5, 0.6) is 0 Å². The van der Waals surface area contributed by atoms with Gasteiger partial charge in [-0.15, -0.1) is 24.8 Å². The van der Waals surface area contributed by atoms with Gasteiger partial charge in [0.25, 0.3) is 0 Å². The van der Waals surface area contributed by atoms with Gasteiger partial charge in [-0.2, -0.15) is 0 Å². The van der Waals surface area contributed by atoms with Crippen LogP contribution in [0.4, 0.5) is 0 Å². The van der Waals surface area contributed by atoms with Gasteiger partial charge in [0.15, 0.2) is 0 Å². The molecule has 4 aliphatic carbocycles. The predicted molar refractivity (Wildman–Crippen MR) is 165 cm³/mol. The Morgan fingerprint density at radius 3 is 1.08 bits per heavy atom. The summed E-state index contributed by atoms with van der Waals surface area (Å²) in [4.78, 5) is 0. The normalized spacial score (nSPS) is 18.2. The van der Waals surface area contributed by atoms with Crippen LogP contribution in [-0.2, 0) is 40.1 Å². The Hall–Kier alpha value is 0.674. The van der Waals surface area contributed by atoms with E-state index in [-0.39, 0.29) is 35.8 Å². The summed E-state index contributed by atoms with van der Waals surface area (Å²) >= 11 is -3.28. The molecule has 0 aromatic heterocycles. The molecule has 0 fully saturated rings. The van der Waals surface area contributed by atoms with Gasteiger partial charge in [-0.05, 0) is 0 Å². The molecule has 0 radical (unpaired) electrons. The monoisotopic (exact) mass is 892 g/mol. The Morgan fingerprint density at radius 1 is 0.556 bits per heavy atom. The third-order valence-electron chi connectivity index (χ3n) is 7.98. The second-order valence-corrected chi connectivity index (χ2v) is 58.9. The van der Waals surface area contributed by atoms with E-state index in [1.54, 1.807) is 33.4 Å². The van der Waals surface area contributed by atoms with Crippen molar-refractivity contribution in [3.63, 3.8) is 0 Å². The van der Waals surface area contributed by atoms with E-state index < -0.39 is 40.1 Å². The van der Waals surface area contributed by atoms with Gasteiger partial charge < -0.3 is 0 Å². The van der Waals surface area contributed by atoms with Crippen molar-refractivity contribution in [2.24, 2.45) is 0 Å². The van der Waals surface area contributed by atoms with Crippen LogP contribution in [0.25, 0.3) is 0 Å². The smallest absolute Gasteiger partial charge is 0.147 e. The summed E-state index contributed by atoms with van der Waals surface area (Å²) in [5, 5.41) is 0. The molecule has 0 nitrogen and oxygen atoms in total. The molecule has 0 N–H and O–H groups in total. The van der Waals surface area contributed by atoms with Crippen LogP contribution in [0.3, 0.4) is 0 Å². The van der Waals surface area contributed by atoms with E-state index in [1.165, 1.54) is 25.7 Å². The molecule has 0 aliphatic heterocycles. The minimum atomic E-state index is -1.64. The van der Waals surface area contributed by atoms with Crippen LogP contribution in [0, 0.1) is 0 Å². The second kappa shape index (κ2) is 15.5. The first-order chi connectivity index (χ1) is 16.0. The first-order valence-corrected chi connectivity index (χ1v) is 35.8. The van der Waals surface area contributed by atoms with Crippen molar-refractivity contribution in [1.82, 2.24) is 0 Å². The molecule has 4 rings (SSSR count). The molecule has 0 spiro atoms. The molecule has 0 amide bonds. The quantitative estimate of drug-likeness (QED) is 0.247. The Labute approximate surface area is 249 Å². The summed E-state index contributed by atoms with van der Waals surface area (Å²) < 4.78 is 7.59. The molecule has 0 saturated heterocycles. The molecular weight excluding hydrogens is 844 g/mol. The van der Waals surface area contributed by atoms with Crippen molar-refractivity contribution in [2.75, 3.05) is 0 Å². The molecule has 36 heavy (non-hydrogen) atoms. The number of rotatable bonds is 4. The zero-order valence-corrected chi connectivity index (χ0v) is 34.9. The van der Waals surface area contributed by atoms with Crippen LogP contribution in [-0.4, -0.2) is 11.0 Å². The van der Waals surface area contributed by atoms with Gasteiger partial charge in [-0.3, -0.25) is 0 Å². The maximum atomic E-state index is 2.55. The van der Waals surface area contributed by atoms with Gasteiger partial charge in [0.2, 0.25) is 0 Å². The van der Waals surface area contributed by atoms with Crippen molar-refractivity contribution in [3.8, 4) is 0 Å². The maximum Gasteiger partial charge on any atom is -0.147 e. The molecule has 0 atom stereocenters. The fourth-order valence-corrected chi connectivity index (χ4v) is 56.7. The molecular formula is C30H46Cl2Hf2Si2. The first kappa shape index (κ1) is 34.7. The molecule has 0 aromatic carbocycles. The van der Waals surface area contributed by atoms with E-state index >= 15 is 0 Å². The van der Waals surface area contributed by atoms with Crippen LogP contribution in [0.2, 0.25) is 26.2 Å². The van der Waals surface area contributed by atoms with E-state index in [4.69, 9.17) is 0 Å². The van der Waals surface area contributed by atoms with Gasteiger partial charge in [0.1, 0.15) is 0 Å². The summed E-state index contributed by atoms with van der Waals surface area (Å²) in [6.45, 7) is 24.2. The number of hydrogen-bond donors (Lipinski definition) is 0. The zero-order valence-electron chi connectivity index (χ0n) is 24.1. The van der Waals surface area contributed by atoms with E-state index in [1.807, 2.05) is 13.3 Å². The summed E-state index contributed by atoms with van der Waals surface area (Å²) in [5.41, 5.74) is 9.60. The first-order valence-electron chi connectivity index (χ1n) is 12.8. The fraction of sp³-hybridized carbons (Fsp3) is 0.467. The van der Waals surface area contributed by atoms with Crippen molar-refractivity contribution in [3.05, 3.63) is 83.2 Å². The molecule has 4 aliphatic rings. The molecule has 0 aromatic rings. The number of allylic oxidation sites excluding steroid dienone is 16. The van der Waals surface area contributed by atoms with Gasteiger partial charge in [-0.25, -0.2) is 0 Å². The third-order valence-corrected chi connectivity index (χ3v) is 57.3. The molecule has 6 heteroatoms. The van der Waals surface area contributed by atoms with Crippen molar-refractivity contribution < 1.29 is 40.1 Å². The van der Waals surface area contributed by atoms with E-state index in [2.05, 4.69) is 104 Å². The van der Waals surface area contributed by atoms with Crippen molar-refractivity contribution >= 4 is 35.8 Å². The SMILES string of the molecule is CC1=C(C)C(C)=[C]([Hf]([C]2=CC=CC2)=[Si](C)C)C1.CC1=C(C)C(C)=[C]([Hf]([C]2=CC=CC2)=[Si](C)C)C1.Cl.Cl. The van der Waals surface area contributed by atoms with E-state index in [0.29, 0.717) is 0 Å². The minimum absolute atomic E-state index is 0. The molecule has 196 valence electrons. The number of hydrogen-bond acceptors (Lipinski definition) is 0. The Morgan fingerprint density at radius 2 is 0.889 bits per heavy atom. The maximum absolute atomic E-state index is 2.55. The van der Waals surface area contributed by atoms with Crippen molar-refractivity contribution in [2.45, 2.75) is 93.4 Å². The molecule has 0 heterocycles. The van der Waals surface area contributed by atoms with Gasteiger partial charge >= 0.3 is 228 Å². The van der Waals surface area contributed by atoms with Crippen LogP contribution in [0.15, 0.2) is 83.2 Å². The summed E-state index contributed by atoms with van der Waals surface area (Å²) in [6.07, 6.45) is 19.3. The molecule has 0 unspecified atom stereocenters. The average molecular weight is 891 g/mol. The summed E-state index contributed by atoms with van der Waals surface area (Å²) in [5.74, 6) is 0. The Kier molecular flexibility index (Phi) is 14.9. The molecule has 0 bridgehead atoms. The number of halogens is 2. The standard InChI is InChI=1S/2C8H11.2C5H5.2C2H6Si.2ClH.2Hf/c2*1-6-4-5-7(2)8(6)3;2*1-2-4-5-3-1;2*1-3-2;;;;/h2*4H2,1-3H3;2*1-3H,4H2;2*1-2H3;2*1H;;. The predicted octanol–water partition coefficient (Wildman–Crippen LogP) is 10.3. The Bertz CT molecular complexity index is 1130.